The van der Waals surface area contributed by atoms with Gasteiger partial charge in [0.1, 0.15) is 0 Å². The lowest BCUT2D eigenvalue weighted by atomic mass is 9.98. The van der Waals surface area contributed by atoms with Gasteiger partial charge in [-0.05, 0) is 25.0 Å². The highest BCUT2D eigenvalue weighted by atomic mass is 16.1. The van der Waals surface area contributed by atoms with Crippen LogP contribution < -0.4 is 10.6 Å². The molecule has 2 heterocycles. The Bertz CT molecular complexity index is 441. The number of amides is 1. The predicted octanol–water partition coefficient (Wildman–Crippen LogP) is 0.425. The summed E-state index contributed by atoms with van der Waals surface area (Å²) in [6, 6.07) is 3.36. The molecule has 0 spiro atoms. The summed E-state index contributed by atoms with van der Waals surface area (Å²) in [7, 11) is 0. The molecule has 0 aliphatic carbocycles. The molecule has 0 atom stereocenters. The fraction of sp³-hybridized carbons (Fsp3) is 0.417. The molecule has 1 amide bonds. The van der Waals surface area contributed by atoms with Crippen molar-refractivity contribution in [1.29, 1.82) is 0 Å². The summed E-state index contributed by atoms with van der Waals surface area (Å²) in [5.41, 5.74) is 5.29. The monoisotopic (exact) mass is 230 g/mol. The number of anilines is 1. The highest BCUT2D eigenvalue weighted by molar-refractivity contribution is 5.90. The number of aromatic nitrogens is 2. The summed E-state index contributed by atoms with van der Waals surface area (Å²) in [5, 5.41) is 7.78. The van der Waals surface area contributed by atoms with E-state index < -0.39 is 5.91 Å². The van der Waals surface area contributed by atoms with Crippen molar-refractivity contribution in [2.45, 2.75) is 12.8 Å². The van der Waals surface area contributed by atoms with E-state index in [9.17, 15) is 4.79 Å². The molecule has 17 heavy (non-hydrogen) atoms. The first kappa shape index (κ1) is 11.4. The van der Waals surface area contributed by atoms with E-state index in [-0.39, 0.29) is 5.69 Å². The minimum atomic E-state index is -0.560. The summed E-state index contributed by atoms with van der Waals surface area (Å²) >= 11 is 0. The number of terminal acetylenes is 1. The molecule has 1 aromatic heterocycles. The standard InChI is InChI=1S/C12H14N4O/c1-2-9-5-7-16(8-6-9)11-4-3-10(12(13)17)14-15-11/h1,3-4,9H,5-8H2,(H2,13,17). The van der Waals surface area contributed by atoms with Crippen LogP contribution in [0.25, 0.3) is 0 Å². The first-order valence-corrected chi connectivity index (χ1v) is 5.55. The van der Waals surface area contributed by atoms with Gasteiger partial charge in [0.05, 0.1) is 0 Å². The smallest absolute Gasteiger partial charge is 0.269 e. The van der Waals surface area contributed by atoms with Crippen LogP contribution in [0.15, 0.2) is 12.1 Å². The molecule has 0 radical (unpaired) electrons. The Hall–Kier alpha value is -2.09. The molecule has 5 heteroatoms. The number of rotatable bonds is 2. The summed E-state index contributed by atoms with van der Waals surface area (Å²) < 4.78 is 0. The van der Waals surface area contributed by atoms with E-state index in [1.807, 2.05) is 0 Å². The van der Waals surface area contributed by atoms with E-state index in [4.69, 9.17) is 12.2 Å². The normalized spacial score (nSPS) is 16.5. The fourth-order valence-corrected chi connectivity index (χ4v) is 1.90. The van der Waals surface area contributed by atoms with Gasteiger partial charge in [-0.25, -0.2) is 0 Å². The van der Waals surface area contributed by atoms with Gasteiger partial charge in [0.15, 0.2) is 11.5 Å². The van der Waals surface area contributed by atoms with Crippen molar-refractivity contribution in [2.75, 3.05) is 18.0 Å². The molecular weight excluding hydrogens is 216 g/mol. The average molecular weight is 230 g/mol. The van der Waals surface area contributed by atoms with Gasteiger partial charge in [-0.15, -0.1) is 22.5 Å². The maximum absolute atomic E-state index is 10.9. The first-order valence-electron chi connectivity index (χ1n) is 5.55. The Kier molecular flexibility index (Phi) is 3.24. The lowest BCUT2D eigenvalue weighted by Crippen LogP contribution is -2.34. The molecule has 5 nitrogen and oxygen atoms in total. The Labute approximate surface area is 100 Å². The molecule has 2 rings (SSSR count). The Morgan fingerprint density at radius 3 is 2.59 bits per heavy atom. The molecule has 0 saturated carbocycles. The van der Waals surface area contributed by atoms with E-state index in [0.717, 1.165) is 31.7 Å². The van der Waals surface area contributed by atoms with Gasteiger partial charge >= 0.3 is 0 Å². The van der Waals surface area contributed by atoms with Crippen molar-refractivity contribution in [3.8, 4) is 12.3 Å². The number of carbonyl (C=O) groups is 1. The third-order valence-electron chi connectivity index (χ3n) is 2.96. The maximum Gasteiger partial charge on any atom is 0.269 e. The van der Waals surface area contributed by atoms with Gasteiger partial charge < -0.3 is 10.6 Å². The van der Waals surface area contributed by atoms with Gasteiger partial charge in [-0.3, -0.25) is 4.79 Å². The second-order valence-corrected chi connectivity index (χ2v) is 4.07. The molecular formula is C12H14N4O. The molecule has 2 N–H and O–H groups in total. The van der Waals surface area contributed by atoms with Crippen LogP contribution in [0.1, 0.15) is 23.3 Å². The number of hydrogen-bond acceptors (Lipinski definition) is 4. The number of nitrogens with two attached hydrogens (primary N) is 1. The van der Waals surface area contributed by atoms with Crippen LogP contribution >= 0.6 is 0 Å². The third kappa shape index (κ3) is 2.53. The minimum Gasteiger partial charge on any atom is -0.364 e. The number of hydrogen-bond donors (Lipinski definition) is 1. The maximum atomic E-state index is 10.9. The van der Waals surface area contributed by atoms with Crippen LogP contribution in [0.4, 0.5) is 5.82 Å². The molecule has 1 aromatic rings. The Morgan fingerprint density at radius 1 is 1.41 bits per heavy atom. The van der Waals surface area contributed by atoms with Gasteiger partial charge in [-0.1, -0.05) is 0 Å². The number of primary amides is 1. The zero-order chi connectivity index (χ0) is 12.3. The van der Waals surface area contributed by atoms with Crippen LogP contribution in [-0.2, 0) is 0 Å². The van der Waals surface area contributed by atoms with Crippen molar-refractivity contribution < 1.29 is 4.79 Å². The number of nitrogens with zero attached hydrogens (tertiary/aromatic N) is 3. The van der Waals surface area contributed by atoms with Crippen molar-refractivity contribution >= 4 is 11.7 Å². The van der Waals surface area contributed by atoms with Crippen molar-refractivity contribution in [3.05, 3.63) is 17.8 Å². The molecule has 0 aromatic carbocycles. The summed E-state index contributed by atoms with van der Waals surface area (Å²) in [6.45, 7) is 1.75. The van der Waals surface area contributed by atoms with Crippen LogP contribution in [0.5, 0.6) is 0 Å². The lowest BCUT2D eigenvalue weighted by molar-refractivity contribution is 0.0994. The minimum absolute atomic E-state index is 0.187. The molecule has 1 aliphatic rings. The van der Waals surface area contributed by atoms with E-state index >= 15 is 0 Å². The van der Waals surface area contributed by atoms with E-state index in [2.05, 4.69) is 21.0 Å². The van der Waals surface area contributed by atoms with Crippen molar-refractivity contribution in [3.63, 3.8) is 0 Å². The largest absolute Gasteiger partial charge is 0.364 e. The van der Waals surface area contributed by atoms with Gasteiger partial charge in [0, 0.05) is 19.0 Å². The summed E-state index contributed by atoms with van der Waals surface area (Å²) in [6.07, 6.45) is 7.33. The lowest BCUT2D eigenvalue weighted by Gasteiger charge is -2.30. The third-order valence-corrected chi connectivity index (χ3v) is 2.96. The molecule has 1 aliphatic heterocycles. The molecule has 1 fully saturated rings. The second kappa shape index (κ2) is 4.83. The molecule has 0 bridgehead atoms. The molecule has 88 valence electrons. The zero-order valence-corrected chi connectivity index (χ0v) is 9.47. The van der Waals surface area contributed by atoms with E-state index in [1.54, 1.807) is 12.1 Å². The van der Waals surface area contributed by atoms with E-state index in [1.165, 1.54) is 0 Å². The predicted molar refractivity (Wildman–Crippen MR) is 64.3 cm³/mol. The Balaban J connectivity index is 2.04. The molecule has 0 unspecified atom stereocenters. The van der Waals surface area contributed by atoms with Gasteiger partial charge in [-0.2, -0.15) is 0 Å². The van der Waals surface area contributed by atoms with Crippen LogP contribution in [0, 0.1) is 18.3 Å². The fourth-order valence-electron chi connectivity index (χ4n) is 1.90. The SMILES string of the molecule is C#CC1CCN(c2ccc(C(N)=O)nn2)CC1. The van der Waals surface area contributed by atoms with Crippen LogP contribution in [0.3, 0.4) is 0 Å². The average Bonchev–Trinajstić information content (AvgIpc) is 2.39. The van der Waals surface area contributed by atoms with Gasteiger partial charge in [0.25, 0.3) is 5.91 Å². The van der Waals surface area contributed by atoms with Gasteiger partial charge in [0.2, 0.25) is 0 Å². The van der Waals surface area contributed by atoms with Crippen molar-refractivity contribution in [2.24, 2.45) is 11.7 Å². The Morgan fingerprint density at radius 2 is 2.12 bits per heavy atom. The van der Waals surface area contributed by atoms with Crippen LogP contribution in [0.2, 0.25) is 0 Å². The highest BCUT2D eigenvalue weighted by Gasteiger charge is 2.18. The summed E-state index contributed by atoms with van der Waals surface area (Å²) in [5.74, 6) is 3.35. The molecule has 1 saturated heterocycles. The topological polar surface area (TPSA) is 72.1 Å². The van der Waals surface area contributed by atoms with Crippen LogP contribution in [-0.4, -0.2) is 29.2 Å². The quantitative estimate of drug-likeness (QED) is 0.748. The second-order valence-electron chi connectivity index (χ2n) is 4.07. The highest BCUT2D eigenvalue weighted by Crippen LogP contribution is 2.20. The number of carbonyl (C=O) groups excluding carboxylic acids is 1. The zero-order valence-electron chi connectivity index (χ0n) is 9.47. The van der Waals surface area contributed by atoms with E-state index in [0.29, 0.717) is 5.92 Å². The number of piperidine rings is 1. The summed E-state index contributed by atoms with van der Waals surface area (Å²) in [4.78, 5) is 13.0. The van der Waals surface area contributed by atoms with Crippen molar-refractivity contribution in [1.82, 2.24) is 10.2 Å². The first-order chi connectivity index (χ1) is 8.20.